The fourth-order valence-corrected chi connectivity index (χ4v) is 3.68. The van der Waals surface area contributed by atoms with Crippen molar-refractivity contribution >= 4 is 23.2 Å². The molecule has 5 nitrogen and oxygen atoms in total. The number of hydrogen-bond donors (Lipinski definition) is 3. The van der Waals surface area contributed by atoms with Crippen LogP contribution < -0.4 is 16.4 Å². The third-order valence-corrected chi connectivity index (χ3v) is 5.38. The number of aryl methyl sites for hydroxylation is 2. The van der Waals surface area contributed by atoms with Gasteiger partial charge >= 0.3 is 0 Å². The molecule has 5 heteroatoms. The lowest BCUT2D eigenvalue weighted by Gasteiger charge is -2.23. The van der Waals surface area contributed by atoms with Gasteiger partial charge in [0.1, 0.15) is 0 Å². The standard InChI is InChI=1S/C23H29N3O2/c1-16-15-18(23(28)25-19-8-3-2-4-9-19)11-13-21(16)26-22(27)14-12-17-7-5-6-10-20(17)24/h5-7,10-11,13,15,19H,2-4,8-9,12,14,24H2,1H3,(H,25,28)(H,26,27). The fourth-order valence-electron chi connectivity index (χ4n) is 3.68. The molecule has 1 aliphatic rings. The molecular formula is C23H29N3O2. The molecule has 1 aliphatic carbocycles. The molecule has 2 amide bonds. The van der Waals surface area contributed by atoms with Crippen molar-refractivity contribution in [2.75, 3.05) is 11.1 Å². The topological polar surface area (TPSA) is 84.2 Å². The molecule has 0 heterocycles. The van der Waals surface area contributed by atoms with Gasteiger partial charge in [-0.05, 0) is 61.6 Å². The first kappa shape index (κ1) is 19.9. The molecule has 2 aromatic rings. The van der Waals surface area contributed by atoms with Gasteiger partial charge in [-0.15, -0.1) is 0 Å². The van der Waals surface area contributed by atoms with E-state index in [-0.39, 0.29) is 17.9 Å². The van der Waals surface area contributed by atoms with Gasteiger partial charge in [0, 0.05) is 29.4 Å². The number of para-hydroxylation sites is 1. The molecule has 1 saturated carbocycles. The van der Waals surface area contributed by atoms with E-state index in [1.165, 1.54) is 19.3 Å². The Labute approximate surface area is 166 Å². The lowest BCUT2D eigenvalue weighted by molar-refractivity contribution is -0.116. The monoisotopic (exact) mass is 379 g/mol. The maximum absolute atomic E-state index is 12.5. The van der Waals surface area contributed by atoms with Gasteiger partial charge in [0.2, 0.25) is 5.91 Å². The average Bonchev–Trinajstić information content (AvgIpc) is 2.69. The Morgan fingerprint density at radius 3 is 2.54 bits per heavy atom. The van der Waals surface area contributed by atoms with Crippen molar-refractivity contribution in [1.29, 1.82) is 0 Å². The van der Waals surface area contributed by atoms with Gasteiger partial charge in [0.15, 0.2) is 0 Å². The first-order valence-corrected chi connectivity index (χ1v) is 10.1. The van der Waals surface area contributed by atoms with Gasteiger partial charge in [-0.25, -0.2) is 0 Å². The first-order chi connectivity index (χ1) is 13.5. The summed E-state index contributed by atoms with van der Waals surface area (Å²) in [6, 6.07) is 13.3. The Balaban J connectivity index is 1.55. The predicted molar refractivity (Wildman–Crippen MR) is 113 cm³/mol. The van der Waals surface area contributed by atoms with Gasteiger partial charge in [-0.1, -0.05) is 37.5 Å². The minimum atomic E-state index is -0.0641. The lowest BCUT2D eigenvalue weighted by Crippen LogP contribution is -2.36. The number of nitrogens with one attached hydrogen (secondary N) is 2. The number of hydrogen-bond acceptors (Lipinski definition) is 3. The highest BCUT2D eigenvalue weighted by Crippen LogP contribution is 2.20. The molecule has 4 N–H and O–H groups in total. The maximum atomic E-state index is 12.5. The number of rotatable bonds is 6. The fraction of sp³-hybridized carbons (Fsp3) is 0.391. The molecule has 28 heavy (non-hydrogen) atoms. The minimum absolute atomic E-state index is 0.0348. The second-order valence-electron chi connectivity index (χ2n) is 7.59. The highest BCUT2D eigenvalue weighted by Gasteiger charge is 2.17. The van der Waals surface area contributed by atoms with Crippen LogP contribution >= 0.6 is 0 Å². The first-order valence-electron chi connectivity index (χ1n) is 10.1. The SMILES string of the molecule is Cc1cc(C(=O)NC2CCCCC2)ccc1NC(=O)CCc1ccccc1N. The van der Waals surface area contributed by atoms with Crippen LogP contribution in [0.5, 0.6) is 0 Å². The number of amides is 2. The average molecular weight is 380 g/mol. The summed E-state index contributed by atoms with van der Waals surface area (Å²) < 4.78 is 0. The van der Waals surface area contributed by atoms with Gasteiger partial charge in [-0.3, -0.25) is 9.59 Å². The van der Waals surface area contributed by atoms with E-state index in [4.69, 9.17) is 5.73 Å². The summed E-state index contributed by atoms with van der Waals surface area (Å²) in [5.41, 5.74) is 9.86. The molecule has 0 unspecified atom stereocenters. The molecule has 3 rings (SSSR count). The van der Waals surface area contributed by atoms with Gasteiger partial charge < -0.3 is 16.4 Å². The van der Waals surface area contributed by atoms with Crippen molar-refractivity contribution in [1.82, 2.24) is 5.32 Å². The molecule has 0 atom stereocenters. The molecule has 148 valence electrons. The smallest absolute Gasteiger partial charge is 0.251 e. The Bertz CT molecular complexity index is 841. The third-order valence-electron chi connectivity index (χ3n) is 5.38. The van der Waals surface area contributed by atoms with E-state index in [0.29, 0.717) is 24.1 Å². The van der Waals surface area contributed by atoms with Gasteiger partial charge in [0.25, 0.3) is 5.91 Å². The molecular weight excluding hydrogens is 350 g/mol. The number of anilines is 2. The van der Waals surface area contributed by atoms with Crippen LogP contribution in [0.15, 0.2) is 42.5 Å². The Kier molecular flexibility index (Phi) is 6.69. The highest BCUT2D eigenvalue weighted by atomic mass is 16.2. The molecule has 1 fully saturated rings. The van der Waals surface area contributed by atoms with Crippen LogP contribution in [0.3, 0.4) is 0 Å². The lowest BCUT2D eigenvalue weighted by atomic mass is 9.95. The van der Waals surface area contributed by atoms with Crippen LogP contribution in [0, 0.1) is 6.92 Å². The molecule has 2 aromatic carbocycles. The number of nitrogens with two attached hydrogens (primary N) is 1. The molecule has 0 bridgehead atoms. The number of carbonyl (C=O) groups is 2. The van der Waals surface area contributed by atoms with E-state index < -0.39 is 0 Å². The van der Waals surface area contributed by atoms with E-state index in [9.17, 15) is 9.59 Å². The zero-order valence-electron chi connectivity index (χ0n) is 16.5. The summed E-state index contributed by atoms with van der Waals surface area (Å²) in [4.78, 5) is 24.8. The Morgan fingerprint density at radius 1 is 1.07 bits per heavy atom. The van der Waals surface area contributed by atoms with Crippen molar-refractivity contribution in [3.63, 3.8) is 0 Å². The normalized spacial score (nSPS) is 14.5. The van der Waals surface area contributed by atoms with Crippen molar-refractivity contribution in [3.05, 3.63) is 59.2 Å². The predicted octanol–water partition coefficient (Wildman–Crippen LogP) is 4.21. The van der Waals surface area contributed by atoms with Crippen LogP contribution in [0.2, 0.25) is 0 Å². The molecule has 0 saturated heterocycles. The maximum Gasteiger partial charge on any atom is 0.251 e. The second-order valence-corrected chi connectivity index (χ2v) is 7.59. The molecule has 0 aromatic heterocycles. The van der Waals surface area contributed by atoms with Crippen molar-refractivity contribution in [2.24, 2.45) is 0 Å². The van der Waals surface area contributed by atoms with Gasteiger partial charge in [0.05, 0.1) is 0 Å². The Hall–Kier alpha value is -2.82. The van der Waals surface area contributed by atoms with Crippen LogP contribution in [-0.2, 0) is 11.2 Å². The van der Waals surface area contributed by atoms with Crippen molar-refractivity contribution < 1.29 is 9.59 Å². The summed E-state index contributed by atoms with van der Waals surface area (Å²) >= 11 is 0. The molecule has 0 spiro atoms. The van der Waals surface area contributed by atoms with Crippen LogP contribution in [0.1, 0.15) is 60.0 Å². The van der Waals surface area contributed by atoms with E-state index >= 15 is 0 Å². The van der Waals surface area contributed by atoms with Crippen LogP contribution in [0.25, 0.3) is 0 Å². The zero-order chi connectivity index (χ0) is 19.9. The van der Waals surface area contributed by atoms with E-state index in [2.05, 4.69) is 10.6 Å². The van der Waals surface area contributed by atoms with E-state index in [0.717, 1.165) is 29.7 Å². The minimum Gasteiger partial charge on any atom is -0.399 e. The number of benzene rings is 2. The Morgan fingerprint density at radius 2 is 1.82 bits per heavy atom. The largest absolute Gasteiger partial charge is 0.399 e. The summed E-state index contributed by atoms with van der Waals surface area (Å²) in [6.07, 6.45) is 6.70. The molecule has 0 radical (unpaired) electrons. The number of carbonyl (C=O) groups excluding carboxylic acids is 2. The van der Waals surface area contributed by atoms with E-state index in [1.54, 1.807) is 12.1 Å². The zero-order valence-corrected chi connectivity index (χ0v) is 16.5. The van der Waals surface area contributed by atoms with E-state index in [1.807, 2.05) is 37.3 Å². The van der Waals surface area contributed by atoms with Gasteiger partial charge in [-0.2, -0.15) is 0 Å². The van der Waals surface area contributed by atoms with Crippen molar-refractivity contribution in [2.45, 2.75) is 57.9 Å². The summed E-state index contributed by atoms with van der Waals surface area (Å²) in [7, 11) is 0. The second kappa shape index (κ2) is 9.40. The third kappa shape index (κ3) is 5.35. The number of nitrogen functional groups attached to an aromatic ring is 1. The summed E-state index contributed by atoms with van der Waals surface area (Å²) in [5.74, 6) is -0.0989. The summed E-state index contributed by atoms with van der Waals surface area (Å²) in [5, 5.41) is 6.06. The van der Waals surface area contributed by atoms with Crippen LogP contribution in [0.4, 0.5) is 11.4 Å². The summed E-state index contributed by atoms with van der Waals surface area (Å²) in [6.45, 7) is 1.90. The van der Waals surface area contributed by atoms with Crippen LogP contribution in [-0.4, -0.2) is 17.9 Å². The quantitative estimate of drug-likeness (QED) is 0.657. The molecule has 0 aliphatic heterocycles. The van der Waals surface area contributed by atoms with Crippen molar-refractivity contribution in [3.8, 4) is 0 Å². The highest BCUT2D eigenvalue weighted by molar-refractivity contribution is 5.96.